The number of unbranched alkanes of at least 4 members (excludes halogenated alkanes) is 2. The zero-order chi connectivity index (χ0) is 16.5. The van der Waals surface area contributed by atoms with E-state index in [1.807, 2.05) is 6.07 Å². The van der Waals surface area contributed by atoms with Gasteiger partial charge in [0.15, 0.2) is 5.82 Å². The van der Waals surface area contributed by atoms with Crippen molar-refractivity contribution in [2.45, 2.75) is 25.7 Å². The summed E-state index contributed by atoms with van der Waals surface area (Å²) in [6.45, 7) is 0.487. The van der Waals surface area contributed by atoms with Crippen LogP contribution >= 0.6 is 0 Å². The number of carbonyl (C=O) groups is 2. The summed E-state index contributed by atoms with van der Waals surface area (Å²) < 4.78 is 0. The molecule has 0 spiro atoms. The molecule has 7 heteroatoms. The predicted octanol–water partition coefficient (Wildman–Crippen LogP) is 1.91. The van der Waals surface area contributed by atoms with Crippen LogP contribution in [0.4, 0.5) is 0 Å². The predicted molar refractivity (Wildman–Crippen MR) is 83.7 cm³/mol. The Balaban J connectivity index is 1.84. The molecule has 2 aromatic rings. The normalized spacial score (nSPS) is 10.3. The summed E-state index contributed by atoms with van der Waals surface area (Å²) in [6.07, 6.45) is 5.43. The van der Waals surface area contributed by atoms with Crippen LogP contribution in [-0.2, 0) is 4.79 Å². The van der Waals surface area contributed by atoms with E-state index in [0.717, 1.165) is 12.8 Å². The maximum atomic E-state index is 12.1. The first-order valence-corrected chi connectivity index (χ1v) is 7.41. The second-order valence-electron chi connectivity index (χ2n) is 4.94. The standard InChI is InChI=1S/C16H18N4O3/c21-14(22)7-2-1-4-10-19-16(23)13-8-11-18-15(20-13)12-6-3-5-9-17-12/h3,5-6,8-9,11H,1-2,4,7,10H2,(H,19,23)(H,21,22). The number of carbonyl (C=O) groups excluding carboxylic acids is 1. The average molecular weight is 314 g/mol. The van der Waals surface area contributed by atoms with Crippen molar-refractivity contribution in [1.29, 1.82) is 0 Å². The summed E-state index contributed by atoms with van der Waals surface area (Å²) in [7, 11) is 0. The Bertz CT molecular complexity index is 661. The highest BCUT2D eigenvalue weighted by molar-refractivity contribution is 5.92. The third-order valence-corrected chi connectivity index (χ3v) is 3.14. The minimum absolute atomic E-state index is 0.160. The van der Waals surface area contributed by atoms with Crippen molar-refractivity contribution in [2.24, 2.45) is 0 Å². The number of hydrogen-bond acceptors (Lipinski definition) is 5. The van der Waals surface area contributed by atoms with Gasteiger partial charge in [0.25, 0.3) is 5.91 Å². The third kappa shape index (κ3) is 5.46. The number of rotatable bonds is 8. The van der Waals surface area contributed by atoms with Crippen molar-refractivity contribution in [3.05, 3.63) is 42.4 Å². The number of pyridine rings is 1. The lowest BCUT2D eigenvalue weighted by atomic mass is 10.2. The Kier molecular flexibility index (Phi) is 6.17. The number of nitrogens with zero attached hydrogens (tertiary/aromatic N) is 3. The molecular formula is C16H18N4O3. The summed E-state index contributed by atoms with van der Waals surface area (Å²) >= 11 is 0. The van der Waals surface area contributed by atoms with Crippen LogP contribution < -0.4 is 5.32 Å². The fourth-order valence-electron chi connectivity index (χ4n) is 1.97. The van der Waals surface area contributed by atoms with Crippen molar-refractivity contribution in [2.75, 3.05) is 6.54 Å². The van der Waals surface area contributed by atoms with Gasteiger partial charge in [-0.1, -0.05) is 12.5 Å². The molecule has 0 unspecified atom stereocenters. The molecule has 0 aromatic carbocycles. The number of nitrogens with one attached hydrogen (secondary N) is 1. The van der Waals surface area contributed by atoms with Gasteiger partial charge in [-0.2, -0.15) is 0 Å². The zero-order valence-electron chi connectivity index (χ0n) is 12.6. The molecule has 0 radical (unpaired) electrons. The van der Waals surface area contributed by atoms with Crippen molar-refractivity contribution >= 4 is 11.9 Å². The van der Waals surface area contributed by atoms with Gasteiger partial charge in [-0.25, -0.2) is 9.97 Å². The van der Waals surface area contributed by atoms with E-state index in [1.165, 1.54) is 6.20 Å². The molecule has 0 fully saturated rings. The maximum Gasteiger partial charge on any atom is 0.303 e. The van der Waals surface area contributed by atoms with Crippen LogP contribution in [0.5, 0.6) is 0 Å². The molecule has 0 bridgehead atoms. The molecule has 1 amide bonds. The molecule has 0 aliphatic carbocycles. The van der Waals surface area contributed by atoms with E-state index in [0.29, 0.717) is 24.5 Å². The lowest BCUT2D eigenvalue weighted by Gasteiger charge is -2.05. The molecule has 2 aromatic heterocycles. The van der Waals surface area contributed by atoms with Gasteiger partial charge < -0.3 is 10.4 Å². The lowest BCUT2D eigenvalue weighted by molar-refractivity contribution is -0.137. The van der Waals surface area contributed by atoms with Crippen molar-refractivity contribution in [1.82, 2.24) is 20.3 Å². The average Bonchev–Trinajstić information content (AvgIpc) is 2.58. The number of aliphatic carboxylic acids is 1. The van der Waals surface area contributed by atoms with E-state index in [-0.39, 0.29) is 18.0 Å². The Morgan fingerprint density at radius 3 is 2.65 bits per heavy atom. The molecule has 120 valence electrons. The van der Waals surface area contributed by atoms with Gasteiger partial charge in [0.1, 0.15) is 11.4 Å². The first-order chi connectivity index (χ1) is 11.2. The van der Waals surface area contributed by atoms with Gasteiger partial charge in [-0.3, -0.25) is 14.6 Å². The number of aromatic nitrogens is 3. The van der Waals surface area contributed by atoms with Gasteiger partial charge in [-0.05, 0) is 31.0 Å². The van der Waals surface area contributed by atoms with E-state index >= 15 is 0 Å². The van der Waals surface area contributed by atoms with Crippen LogP contribution in [0, 0.1) is 0 Å². The Morgan fingerprint density at radius 2 is 1.91 bits per heavy atom. The molecule has 0 aliphatic rings. The van der Waals surface area contributed by atoms with Crippen LogP contribution in [-0.4, -0.2) is 38.5 Å². The number of amides is 1. The summed E-state index contributed by atoms with van der Waals surface area (Å²) in [5, 5.41) is 11.3. The van der Waals surface area contributed by atoms with E-state index in [4.69, 9.17) is 5.11 Å². The summed E-state index contributed by atoms with van der Waals surface area (Å²) in [4.78, 5) is 34.9. The van der Waals surface area contributed by atoms with Crippen LogP contribution in [0.15, 0.2) is 36.7 Å². The van der Waals surface area contributed by atoms with Gasteiger partial charge >= 0.3 is 5.97 Å². The van der Waals surface area contributed by atoms with Crippen LogP contribution in [0.3, 0.4) is 0 Å². The molecule has 0 saturated carbocycles. The maximum absolute atomic E-state index is 12.1. The van der Waals surface area contributed by atoms with Crippen LogP contribution in [0.1, 0.15) is 36.2 Å². The van der Waals surface area contributed by atoms with Crippen molar-refractivity contribution in [3.8, 4) is 11.5 Å². The molecule has 2 rings (SSSR count). The topological polar surface area (TPSA) is 105 Å². The fourth-order valence-corrected chi connectivity index (χ4v) is 1.97. The molecule has 0 aliphatic heterocycles. The molecule has 2 N–H and O–H groups in total. The highest BCUT2D eigenvalue weighted by Gasteiger charge is 2.09. The molecule has 23 heavy (non-hydrogen) atoms. The first kappa shape index (κ1) is 16.5. The SMILES string of the molecule is O=C(O)CCCCCNC(=O)c1ccnc(-c2ccccn2)n1. The Morgan fingerprint density at radius 1 is 1.04 bits per heavy atom. The second-order valence-corrected chi connectivity index (χ2v) is 4.94. The Labute approximate surface area is 133 Å². The highest BCUT2D eigenvalue weighted by Crippen LogP contribution is 2.10. The second kappa shape index (κ2) is 8.57. The van der Waals surface area contributed by atoms with Gasteiger partial charge in [0.05, 0.1) is 0 Å². The Hall–Kier alpha value is -2.83. The minimum atomic E-state index is -0.794. The van der Waals surface area contributed by atoms with E-state index in [1.54, 1.807) is 24.4 Å². The summed E-state index contributed by atoms with van der Waals surface area (Å²) in [5.74, 6) is -0.667. The lowest BCUT2D eigenvalue weighted by Crippen LogP contribution is -2.25. The van der Waals surface area contributed by atoms with E-state index < -0.39 is 5.97 Å². The van der Waals surface area contributed by atoms with Gasteiger partial charge in [-0.15, -0.1) is 0 Å². The zero-order valence-corrected chi connectivity index (χ0v) is 12.6. The number of carboxylic acids is 1. The summed E-state index contributed by atoms with van der Waals surface area (Å²) in [5.41, 5.74) is 0.891. The largest absolute Gasteiger partial charge is 0.481 e. The smallest absolute Gasteiger partial charge is 0.303 e. The quantitative estimate of drug-likeness (QED) is 0.721. The fraction of sp³-hybridized carbons (Fsp3) is 0.312. The number of hydrogen-bond donors (Lipinski definition) is 2. The number of carboxylic acid groups (broad SMARTS) is 1. The first-order valence-electron chi connectivity index (χ1n) is 7.41. The molecule has 0 saturated heterocycles. The van der Waals surface area contributed by atoms with Crippen LogP contribution in [0.25, 0.3) is 11.5 Å². The molecule has 2 heterocycles. The minimum Gasteiger partial charge on any atom is -0.481 e. The molecule has 7 nitrogen and oxygen atoms in total. The monoisotopic (exact) mass is 314 g/mol. The van der Waals surface area contributed by atoms with Crippen molar-refractivity contribution in [3.63, 3.8) is 0 Å². The molecular weight excluding hydrogens is 296 g/mol. The molecule has 0 atom stereocenters. The third-order valence-electron chi connectivity index (χ3n) is 3.14. The summed E-state index contributed by atoms with van der Waals surface area (Å²) in [6, 6.07) is 6.95. The highest BCUT2D eigenvalue weighted by atomic mass is 16.4. The van der Waals surface area contributed by atoms with E-state index in [9.17, 15) is 9.59 Å². The van der Waals surface area contributed by atoms with Crippen molar-refractivity contribution < 1.29 is 14.7 Å². The van der Waals surface area contributed by atoms with Gasteiger partial charge in [0.2, 0.25) is 0 Å². The van der Waals surface area contributed by atoms with Gasteiger partial charge in [0, 0.05) is 25.4 Å². The van der Waals surface area contributed by atoms with E-state index in [2.05, 4.69) is 20.3 Å². The van der Waals surface area contributed by atoms with Crippen LogP contribution in [0.2, 0.25) is 0 Å².